The predicted molar refractivity (Wildman–Crippen MR) is 71.6 cm³/mol. The average molecular weight is 280 g/mol. The molecule has 1 aromatic heterocycles. The van der Waals surface area contributed by atoms with Crippen LogP contribution in [0.5, 0.6) is 0 Å². The van der Waals surface area contributed by atoms with Crippen molar-refractivity contribution in [1.82, 2.24) is 14.5 Å². The monoisotopic (exact) mass is 280 g/mol. The summed E-state index contributed by atoms with van der Waals surface area (Å²) in [6, 6.07) is 0. The van der Waals surface area contributed by atoms with Crippen LogP contribution in [0.4, 0.5) is 0 Å². The SMILES string of the molecule is CC1(C(N)=O)CN(C(=O)CCCn2ccnc2)CCO1. The first kappa shape index (κ1) is 14.5. The second kappa shape index (κ2) is 6.04. The van der Waals surface area contributed by atoms with Crippen LogP contribution in [0.3, 0.4) is 0 Å². The first-order chi connectivity index (χ1) is 9.51. The number of aromatic nitrogens is 2. The zero-order valence-electron chi connectivity index (χ0n) is 11.6. The zero-order valence-corrected chi connectivity index (χ0v) is 11.6. The summed E-state index contributed by atoms with van der Waals surface area (Å²) in [5.41, 5.74) is 4.24. The Labute approximate surface area is 117 Å². The topological polar surface area (TPSA) is 90.5 Å². The molecular weight excluding hydrogens is 260 g/mol. The number of nitrogens with zero attached hydrogens (tertiary/aromatic N) is 3. The molecule has 1 aliphatic rings. The molecule has 0 bridgehead atoms. The number of nitrogens with two attached hydrogens (primary N) is 1. The summed E-state index contributed by atoms with van der Waals surface area (Å²) < 4.78 is 7.32. The highest BCUT2D eigenvalue weighted by Gasteiger charge is 2.38. The zero-order chi connectivity index (χ0) is 14.6. The molecule has 1 fully saturated rings. The van der Waals surface area contributed by atoms with Gasteiger partial charge in [0.15, 0.2) is 5.60 Å². The molecule has 7 nitrogen and oxygen atoms in total. The molecule has 1 aromatic rings. The quantitative estimate of drug-likeness (QED) is 0.806. The number of imidazole rings is 1. The van der Waals surface area contributed by atoms with Crippen molar-refractivity contribution in [1.29, 1.82) is 0 Å². The normalized spacial score (nSPS) is 22.8. The van der Waals surface area contributed by atoms with Gasteiger partial charge in [-0.05, 0) is 13.3 Å². The van der Waals surface area contributed by atoms with Gasteiger partial charge in [-0.15, -0.1) is 0 Å². The van der Waals surface area contributed by atoms with Gasteiger partial charge in [0.05, 0.1) is 19.5 Å². The Bertz CT molecular complexity index is 474. The molecule has 1 aliphatic heterocycles. The molecule has 110 valence electrons. The number of carbonyl (C=O) groups excluding carboxylic acids is 2. The summed E-state index contributed by atoms with van der Waals surface area (Å²) in [4.78, 5) is 29.1. The summed E-state index contributed by atoms with van der Waals surface area (Å²) in [7, 11) is 0. The summed E-state index contributed by atoms with van der Waals surface area (Å²) in [5, 5.41) is 0. The highest BCUT2D eigenvalue weighted by molar-refractivity contribution is 5.85. The van der Waals surface area contributed by atoms with Crippen molar-refractivity contribution in [2.45, 2.75) is 31.9 Å². The van der Waals surface area contributed by atoms with Crippen LogP contribution in [0, 0.1) is 0 Å². The van der Waals surface area contributed by atoms with Crippen LogP contribution in [-0.4, -0.2) is 51.6 Å². The van der Waals surface area contributed by atoms with Gasteiger partial charge in [0, 0.05) is 31.9 Å². The van der Waals surface area contributed by atoms with E-state index in [-0.39, 0.29) is 12.5 Å². The number of primary amides is 1. The largest absolute Gasteiger partial charge is 0.367 e. The van der Waals surface area contributed by atoms with Gasteiger partial charge < -0.3 is 19.9 Å². The Balaban J connectivity index is 1.81. The number of hydrogen-bond acceptors (Lipinski definition) is 4. The molecule has 2 amide bonds. The van der Waals surface area contributed by atoms with E-state index in [0.29, 0.717) is 19.6 Å². The van der Waals surface area contributed by atoms with E-state index in [1.165, 1.54) is 0 Å². The summed E-state index contributed by atoms with van der Waals surface area (Å²) >= 11 is 0. The smallest absolute Gasteiger partial charge is 0.251 e. The van der Waals surface area contributed by atoms with Gasteiger partial charge in [0.2, 0.25) is 5.91 Å². The maximum Gasteiger partial charge on any atom is 0.251 e. The Morgan fingerprint density at radius 1 is 1.50 bits per heavy atom. The van der Waals surface area contributed by atoms with E-state index >= 15 is 0 Å². The van der Waals surface area contributed by atoms with Gasteiger partial charge in [-0.2, -0.15) is 0 Å². The van der Waals surface area contributed by atoms with Crippen molar-refractivity contribution in [3.63, 3.8) is 0 Å². The van der Waals surface area contributed by atoms with E-state index in [9.17, 15) is 9.59 Å². The van der Waals surface area contributed by atoms with Crippen LogP contribution in [0.1, 0.15) is 19.8 Å². The minimum absolute atomic E-state index is 0.0286. The number of morpholine rings is 1. The van der Waals surface area contributed by atoms with E-state index in [2.05, 4.69) is 4.98 Å². The molecule has 1 unspecified atom stereocenters. The molecule has 20 heavy (non-hydrogen) atoms. The van der Waals surface area contributed by atoms with Crippen molar-refractivity contribution in [2.75, 3.05) is 19.7 Å². The average Bonchev–Trinajstić information content (AvgIpc) is 2.91. The highest BCUT2D eigenvalue weighted by atomic mass is 16.5. The third-order valence-electron chi connectivity index (χ3n) is 3.51. The fourth-order valence-electron chi connectivity index (χ4n) is 2.22. The van der Waals surface area contributed by atoms with Gasteiger partial charge in [-0.25, -0.2) is 4.98 Å². The van der Waals surface area contributed by atoms with Crippen LogP contribution in [0.15, 0.2) is 18.7 Å². The maximum absolute atomic E-state index is 12.1. The van der Waals surface area contributed by atoms with Crippen LogP contribution < -0.4 is 5.73 Å². The van der Waals surface area contributed by atoms with Crippen LogP contribution in [-0.2, 0) is 20.9 Å². The number of rotatable bonds is 5. The second-order valence-electron chi connectivity index (χ2n) is 5.16. The van der Waals surface area contributed by atoms with Gasteiger partial charge in [-0.3, -0.25) is 9.59 Å². The molecule has 0 aromatic carbocycles. The number of hydrogen-bond donors (Lipinski definition) is 1. The number of ether oxygens (including phenoxy) is 1. The third kappa shape index (κ3) is 3.36. The lowest BCUT2D eigenvalue weighted by molar-refractivity contribution is -0.160. The van der Waals surface area contributed by atoms with Crippen molar-refractivity contribution in [3.8, 4) is 0 Å². The summed E-state index contributed by atoms with van der Waals surface area (Å²) in [6.07, 6.45) is 6.47. The Morgan fingerprint density at radius 3 is 2.95 bits per heavy atom. The van der Waals surface area contributed by atoms with Gasteiger partial charge in [0.1, 0.15) is 0 Å². The lowest BCUT2D eigenvalue weighted by atomic mass is 10.0. The van der Waals surface area contributed by atoms with Crippen LogP contribution >= 0.6 is 0 Å². The van der Waals surface area contributed by atoms with E-state index in [4.69, 9.17) is 10.5 Å². The molecule has 2 rings (SSSR count). The summed E-state index contributed by atoms with van der Waals surface area (Å²) in [6.45, 7) is 3.45. The first-order valence-electron chi connectivity index (χ1n) is 6.69. The van der Waals surface area contributed by atoms with E-state index in [1.54, 1.807) is 24.3 Å². The molecule has 2 heterocycles. The molecule has 0 saturated carbocycles. The predicted octanol–water partition coefficient (Wildman–Crippen LogP) is -0.234. The minimum atomic E-state index is -1.07. The van der Waals surface area contributed by atoms with Crippen LogP contribution in [0.2, 0.25) is 0 Å². The second-order valence-corrected chi connectivity index (χ2v) is 5.16. The van der Waals surface area contributed by atoms with Gasteiger partial charge in [-0.1, -0.05) is 0 Å². The van der Waals surface area contributed by atoms with Crippen LogP contribution in [0.25, 0.3) is 0 Å². The molecule has 0 radical (unpaired) electrons. The summed E-state index contributed by atoms with van der Waals surface area (Å²) in [5.74, 6) is -0.505. The number of amides is 2. The fourth-order valence-corrected chi connectivity index (χ4v) is 2.22. The van der Waals surface area contributed by atoms with E-state index in [1.807, 2.05) is 10.8 Å². The Hall–Kier alpha value is -1.89. The molecule has 1 saturated heterocycles. The van der Waals surface area contributed by atoms with E-state index in [0.717, 1.165) is 13.0 Å². The molecule has 0 spiro atoms. The fraction of sp³-hybridized carbons (Fsp3) is 0.615. The lowest BCUT2D eigenvalue weighted by Crippen LogP contribution is -2.58. The standard InChI is InChI=1S/C13H20N4O3/c1-13(12(14)19)9-17(7-8-20-13)11(18)3-2-5-16-6-4-15-10-16/h4,6,10H,2-3,5,7-9H2,1H3,(H2,14,19). The Kier molecular flexibility index (Phi) is 4.39. The Morgan fingerprint density at radius 2 is 2.30 bits per heavy atom. The molecule has 0 aliphatic carbocycles. The van der Waals surface area contributed by atoms with Crippen molar-refractivity contribution in [2.24, 2.45) is 5.73 Å². The van der Waals surface area contributed by atoms with Crippen molar-refractivity contribution < 1.29 is 14.3 Å². The highest BCUT2D eigenvalue weighted by Crippen LogP contribution is 2.18. The maximum atomic E-state index is 12.1. The number of aryl methyl sites for hydroxylation is 1. The van der Waals surface area contributed by atoms with Crippen molar-refractivity contribution in [3.05, 3.63) is 18.7 Å². The van der Waals surface area contributed by atoms with Gasteiger partial charge >= 0.3 is 0 Å². The first-order valence-corrected chi connectivity index (χ1v) is 6.69. The van der Waals surface area contributed by atoms with Crippen molar-refractivity contribution >= 4 is 11.8 Å². The molecule has 2 N–H and O–H groups in total. The molecular formula is C13H20N4O3. The third-order valence-corrected chi connectivity index (χ3v) is 3.51. The lowest BCUT2D eigenvalue weighted by Gasteiger charge is -2.38. The van der Waals surface area contributed by atoms with E-state index < -0.39 is 11.5 Å². The number of carbonyl (C=O) groups is 2. The molecule has 1 atom stereocenters. The molecule has 7 heteroatoms. The van der Waals surface area contributed by atoms with Gasteiger partial charge in [0.25, 0.3) is 5.91 Å². The minimum Gasteiger partial charge on any atom is -0.367 e.